The molecule has 0 spiro atoms. The van der Waals surface area contributed by atoms with Gasteiger partial charge in [-0.3, -0.25) is 9.59 Å². The Hall–Kier alpha value is -3.75. The average Bonchev–Trinajstić information content (AvgIpc) is 2.91. The maximum absolute atomic E-state index is 13.2. The van der Waals surface area contributed by atoms with Crippen molar-refractivity contribution in [2.24, 2.45) is 0 Å². The summed E-state index contributed by atoms with van der Waals surface area (Å²) in [6.07, 6.45) is 3.90. The van der Waals surface area contributed by atoms with Gasteiger partial charge in [-0.15, -0.1) is 0 Å². The molecule has 0 bridgehead atoms. The second-order valence-corrected chi connectivity index (χ2v) is 8.90. The number of piperazine rings is 1. The minimum absolute atomic E-state index is 0.0367. The molecule has 2 aromatic carbocycles. The molecular formula is C27H31FN4O4. The Morgan fingerprint density at radius 1 is 0.944 bits per heavy atom. The lowest BCUT2D eigenvalue weighted by atomic mass is 10.1. The fourth-order valence-electron chi connectivity index (χ4n) is 4.38. The summed E-state index contributed by atoms with van der Waals surface area (Å²) in [4.78, 5) is 42.2. The lowest BCUT2D eigenvalue weighted by Gasteiger charge is -2.36. The number of rotatable bonds is 9. The Bertz CT molecular complexity index is 1270. The Kier molecular flexibility index (Phi) is 8.30. The van der Waals surface area contributed by atoms with Crippen molar-refractivity contribution in [2.45, 2.75) is 39.2 Å². The first kappa shape index (κ1) is 25.3. The van der Waals surface area contributed by atoms with E-state index in [0.29, 0.717) is 43.5 Å². The predicted molar refractivity (Wildman–Crippen MR) is 136 cm³/mol. The number of unbranched alkanes of at least 4 members (excludes halogenated alkanes) is 3. The standard InChI is InChI=1S/C27H31FN4O4/c1-2-3-4-7-14-32-26(34)23-9-6-5-8-22(23)25(29-32)27(35)36-19-24(33)31-17-15-30(16-18-31)21-12-10-20(28)11-13-21/h5-6,8-13H,2-4,7,14-19H2,1H3. The van der Waals surface area contributed by atoms with Crippen LogP contribution in [0.2, 0.25) is 0 Å². The first-order chi connectivity index (χ1) is 17.5. The van der Waals surface area contributed by atoms with Gasteiger partial charge >= 0.3 is 5.97 Å². The summed E-state index contributed by atoms with van der Waals surface area (Å²) in [6, 6.07) is 13.1. The van der Waals surface area contributed by atoms with Crippen LogP contribution in [-0.2, 0) is 16.1 Å². The molecule has 8 nitrogen and oxygen atoms in total. The van der Waals surface area contributed by atoms with Gasteiger partial charge in [-0.25, -0.2) is 13.9 Å². The van der Waals surface area contributed by atoms with Gasteiger partial charge in [0.15, 0.2) is 12.3 Å². The average molecular weight is 495 g/mol. The fourth-order valence-corrected chi connectivity index (χ4v) is 4.38. The largest absolute Gasteiger partial charge is 0.451 e. The first-order valence-electron chi connectivity index (χ1n) is 12.4. The van der Waals surface area contributed by atoms with Crippen LogP contribution in [0.3, 0.4) is 0 Å². The molecule has 1 aliphatic rings. The quantitative estimate of drug-likeness (QED) is 0.334. The first-order valence-corrected chi connectivity index (χ1v) is 12.4. The highest BCUT2D eigenvalue weighted by atomic mass is 19.1. The molecule has 190 valence electrons. The third-order valence-electron chi connectivity index (χ3n) is 6.44. The lowest BCUT2D eigenvalue weighted by molar-refractivity contribution is -0.134. The number of benzene rings is 2. The number of aryl methyl sites for hydroxylation is 1. The van der Waals surface area contributed by atoms with Gasteiger partial charge in [0, 0.05) is 43.8 Å². The zero-order valence-corrected chi connectivity index (χ0v) is 20.5. The Morgan fingerprint density at radius 2 is 1.64 bits per heavy atom. The number of fused-ring (bicyclic) bond motifs is 1. The number of amides is 1. The maximum Gasteiger partial charge on any atom is 0.359 e. The van der Waals surface area contributed by atoms with Crippen molar-refractivity contribution in [1.29, 1.82) is 0 Å². The molecule has 1 aliphatic heterocycles. The van der Waals surface area contributed by atoms with E-state index in [4.69, 9.17) is 4.74 Å². The zero-order chi connectivity index (χ0) is 25.5. The van der Waals surface area contributed by atoms with Crippen molar-refractivity contribution < 1.29 is 18.7 Å². The van der Waals surface area contributed by atoms with Crippen molar-refractivity contribution in [3.05, 3.63) is 70.4 Å². The highest BCUT2D eigenvalue weighted by Crippen LogP contribution is 2.18. The molecule has 0 saturated carbocycles. The van der Waals surface area contributed by atoms with E-state index in [1.54, 1.807) is 41.3 Å². The number of carbonyl (C=O) groups is 2. The minimum Gasteiger partial charge on any atom is -0.451 e. The van der Waals surface area contributed by atoms with Crippen molar-refractivity contribution in [2.75, 3.05) is 37.7 Å². The van der Waals surface area contributed by atoms with Crippen LogP contribution in [0.5, 0.6) is 0 Å². The molecule has 0 aliphatic carbocycles. The minimum atomic E-state index is -0.730. The third-order valence-corrected chi connectivity index (χ3v) is 6.44. The van der Waals surface area contributed by atoms with E-state index in [1.165, 1.54) is 16.8 Å². The van der Waals surface area contributed by atoms with E-state index in [9.17, 15) is 18.8 Å². The maximum atomic E-state index is 13.2. The van der Waals surface area contributed by atoms with Crippen LogP contribution in [0.1, 0.15) is 43.1 Å². The summed E-state index contributed by atoms with van der Waals surface area (Å²) in [5.74, 6) is -1.31. The summed E-state index contributed by atoms with van der Waals surface area (Å²) in [5, 5.41) is 5.13. The topological polar surface area (TPSA) is 84.7 Å². The van der Waals surface area contributed by atoms with Crippen LogP contribution in [0.25, 0.3) is 10.8 Å². The number of halogens is 1. The molecular weight excluding hydrogens is 463 g/mol. The molecule has 9 heteroatoms. The number of ether oxygens (including phenoxy) is 1. The molecule has 2 heterocycles. The molecule has 0 unspecified atom stereocenters. The zero-order valence-electron chi connectivity index (χ0n) is 20.5. The molecule has 1 aromatic heterocycles. The third kappa shape index (κ3) is 5.90. The van der Waals surface area contributed by atoms with Gasteiger partial charge in [0.2, 0.25) is 0 Å². The van der Waals surface area contributed by atoms with Crippen LogP contribution < -0.4 is 10.5 Å². The van der Waals surface area contributed by atoms with Crippen molar-refractivity contribution in [3.8, 4) is 0 Å². The van der Waals surface area contributed by atoms with Crippen molar-refractivity contribution in [1.82, 2.24) is 14.7 Å². The van der Waals surface area contributed by atoms with Crippen molar-refractivity contribution in [3.63, 3.8) is 0 Å². The van der Waals surface area contributed by atoms with E-state index in [1.807, 2.05) is 0 Å². The number of esters is 1. The van der Waals surface area contributed by atoms with E-state index in [-0.39, 0.29) is 23.0 Å². The monoisotopic (exact) mass is 494 g/mol. The molecule has 4 rings (SSSR count). The number of aromatic nitrogens is 2. The van der Waals surface area contributed by atoms with Crippen LogP contribution in [0.15, 0.2) is 53.3 Å². The van der Waals surface area contributed by atoms with Gasteiger partial charge in [-0.05, 0) is 36.8 Å². The van der Waals surface area contributed by atoms with Gasteiger partial charge in [-0.2, -0.15) is 5.10 Å². The second-order valence-electron chi connectivity index (χ2n) is 8.90. The van der Waals surface area contributed by atoms with E-state index in [0.717, 1.165) is 31.4 Å². The van der Waals surface area contributed by atoms with E-state index >= 15 is 0 Å². The predicted octanol–water partition coefficient (Wildman–Crippen LogP) is 3.62. The number of nitrogens with zero attached hydrogens (tertiary/aromatic N) is 4. The molecule has 36 heavy (non-hydrogen) atoms. The molecule has 0 N–H and O–H groups in total. The van der Waals surface area contributed by atoms with Gasteiger partial charge in [-0.1, -0.05) is 44.4 Å². The molecule has 0 atom stereocenters. The summed E-state index contributed by atoms with van der Waals surface area (Å²) in [7, 11) is 0. The Balaban J connectivity index is 1.39. The number of anilines is 1. The Morgan fingerprint density at radius 3 is 2.33 bits per heavy atom. The molecule has 1 saturated heterocycles. The van der Waals surface area contributed by atoms with Gasteiger partial charge in [0.25, 0.3) is 11.5 Å². The van der Waals surface area contributed by atoms with Crippen LogP contribution in [-0.4, -0.2) is 59.3 Å². The second kappa shape index (κ2) is 11.8. The smallest absolute Gasteiger partial charge is 0.359 e. The molecule has 1 fully saturated rings. The fraction of sp³-hybridized carbons (Fsp3) is 0.407. The van der Waals surface area contributed by atoms with Gasteiger partial charge in [0.05, 0.1) is 5.39 Å². The summed E-state index contributed by atoms with van der Waals surface area (Å²) < 4.78 is 19.8. The Labute approximate surface area is 209 Å². The van der Waals surface area contributed by atoms with E-state index < -0.39 is 12.6 Å². The normalized spacial score (nSPS) is 13.7. The number of carbonyl (C=O) groups excluding carboxylic acids is 2. The SMILES string of the molecule is CCCCCCn1nc(C(=O)OCC(=O)N2CCN(c3ccc(F)cc3)CC2)c2ccccc2c1=O. The van der Waals surface area contributed by atoms with Crippen LogP contribution in [0, 0.1) is 5.82 Å². The number of hydrogen-bond donors (Lipinski definition) is 0. The lowest BCUT2D eigenvalue weighted by Crippen LogP contribution is -2.50. The molecule has 1 amide bonds. The van der Waals surface area contributed by atoms with Crippen LogP contribution in [0.4, 0.5) is 10.1 Å². The molecule has 3 aromatic rings. The highest BCUT2D eigenvalue weighted by Gasteiger charge is 2.24. The van der Waals surface area contributed by atoms with Crippen molar-refractivity contribution >= 4 is 28.3 Å². The van der Waals surface area contributed by atoms with E-state index in [2.05, 4.69) is 16.9 Å². The van der Waals surface area contributed by atoms with Gasteiger partial charge in [0.1, 0.15) is 5.82 Å². The van der Waals surface area contributed by atoms with Gasteiger partial charge < -0.3 is 14.5 Å². The summed E-state index contributed by atoms with van der Waals surface area (Å²) >= 11 is 0. The number of hydrogen-bond acceptors (Lipinski definition) is 6. The summed E-state index contributed by atoms with van der Waals surface area (Å²) in [6.45, 7) is 4.26. The van der Waals surface area contributed by atoms with Crippen LogP contribution >= 0.6 is 0 Å². The summed E-state index contributed by atoms with van der Waals surface area (Å²) in [5.41, 5.74) is 0.695. The molecule has 0 radical (unpaired) electrons. The highest BCUT2D eigenvalue weighted by molar-refractivity contribution is 6.02.